The second-order valence-corrected chi connectivity index (χ2v) is 5.48. The fraction of sp³-hybridized carbons (Fsp3) is 0.462. The van der Waals surface area contributed by atoms with Crippen LogP contribution in [0.2, 0.25) is 0 Å². The van der Waals surface area contributed by atoms with Crippen molar-refractivity contribution in [2.24, 2.45) is 5.92 Å². The molecule has 0 spiro atoms. The van der Waals surface area contributed by atoms with Gasteiger partial charge in [-0.15, -0.1) is 0 Å². The van der Waals surface area contributed by atoms with E-state index in [1.165, 1.54) is 19.3 Å². The summed E-state index contributed by atoms with van der Waals surface area (Å²) in [6.07, 6.45) is 4.38. The maximum atomic E-state index is 11.7. The molecular weight excluding hydrogens is 266 g/mol. The number of carbonyl (C=O) groups is 1. The number of anilines is 1. The first-order valence-electron chi connectivity index (χ1n) is 5.70. The molecule has 2 rings (SSSR count). The molecule has 1 amide bonds. The smallest absolute Gasteiger partial charge is 0.224 e. The van der Waals surface area contributed by atoms with E-state index in [4.69, 9.17) is 0 Å². The molecule has 1 fully saturated rings. The van der Waals surface area contributed by atoms with Crippen molar-refractivity contribution in [3.63, 3.8) is 0 Å². The molecule has 0 aromatic heterocycles. The van der Waals surface area contributed by atoms with Gasteiger partial charge in [0.05, 0.1) is 0 Å². The number of nitrogens with one attached hydrogen (secondary N) is 1. The predicted molar refractivity (Wildman–Crippen MR) is 69.5 cm³/mol. The van der Waals surface area contributed by atoms with Gasteiger partial charge in [0.2, 0.25) is 5.91 Å². The van der Waals surface area contributed by atoms with Gasteiger partial charge in [-0.25, -0.2) is 0 Å². The lowest BCUT2D eigenvalue weighted by Crippen LogP contribution is -2.20. The quantitative estimate of drug-likeness (QED) is 0.895. The molecule has 1 aromatic rings. The third-order valence-electron chi connectivity index (χ3n) is 3.02. The second kappa shape index (κ2) is 5.00. The van der Waals surface area contributed by atoms with Crippen molar-refractivity contribution in [2.75, 3.05) is 5.32 Å². The average Bonchev–Trinajstić information content (AvgIpc) is 2.09. The van der Waals surface area contributed by atoms with Crippen LogP contribution >= 0.6 is 15.9 Å². The Balaban J connectivity index is 1.94. The first-order valence-corrected chi connectivity index (χ1v) is 6.50. The van der Waals surface area contributed by atoms with Crippen LogP contribution in [0.25, 0.3) is 0 Å². The number of halogens is 1. The Morgan fingerprint density at radius 1 is 1.44 bits per heavy atom. The van der Waals surface area contributed by atoms with E-state index in [0.29, 0.717) is 12.3 Å². The summed E-state index contributed by atoms with van der Waals surface area (Å²) < 4.78 is 1.01. The number of benzene rings is 1. The molecule has 0 saturated heterocycles. The van der Waals surface area contributed by atoms with E-state index < -0.39 is 0 Å². The van der Waals surface area contributed by atoms with E-state index in [9.17, 15) is 4.79 Å². The molecule has 1 N–H and O–H groups in total. The van der Waals surface area contributed by atoms with Crippen LogP contribution in [0.5, 0.6) is 0 Å². The van der Waals surface area contributed by atoms with Crippen LogP contribution in [0.3, 0.4) is 0 Å². The molecular formula is C13H16BrNO. The second-order valence-electron chi connectivity index (χ2n) is 4.57. The maximum absolute atomic E-state index is 11.7. The van der Waals surface area contributed by atoms with Crippen molar-refractivity contribution in [1.29, 1.82) is 0 Å². The van der Waals surface area contributed by atoms with Gasteiger partial charge in [-0.05, 0) is 49.4 Å². The number of rotatable bonds is 3. The van der Waals surface area contributed by atoms with Gasteiger partial charge in [-0.2, -0.15) is 0 Å². The third kappa shape index (κ3) is 3.08. The average molecular weight is 282 g/mol. The molecule has 3 heteroatoms. The van der Waals surface area contributed by atoms with E-state index in [1.54, 1.807) is 0 Å². The number of hydrogen-bond donors (Lipinski definition) is 1. The van der Waals surface area contributed by atoms with Crippen LogP contribution in [0.4, 0.5) is 5.69 Å². The Morgan fingerprint density at radius 2 is 2.19 bits per heavy atom. The lowest BCUT2D eigenvalue weighted by Gasteiger charge is -2.24. The van der Waals surface area contributed by atoms with Crippen LogP contribution in [0.1, 0.15) is 31.2 Å². The third-order valence-corrected chi connectivity index (χ3v) is 3.48. The topological polar surface area (TPSA) is 29.1 Å². The van der Waals surface area contributed by atoms with Gasteiger partial charge in [0.25, 0.3) is 0 Å². The molecule has 2 nitrogen and oxygen atoms in total. The van der Waals surface area contributed by atoms with Crippen molar-refractivity contribution in [1.82, 2.24) is 0 Å². The van der Waals surface area contributed by atoms with Gasteiger partial charge >= 0.3 is 0 Å². The Kier molecular flexibility index (Phi) is 3.64. The van der Waals surface area contributed by atoms with E-state index >= 15 is 0 Å². The number of hydrogen-bond acceptors (Lipinski definition) is 1. The predicted octanol–water partition coefficient (Wildman–Crippen LogP) is 3.89. The fourth-order valence-electron chi connectivity index (χ4n) is 1.98. The monoisotopic (exact) mass is 281 g/mol. The van der Waals surface area contributed by atoms with Crippen molar-refractivity contribution in [3.8, 4) is 0 Å². The summed E-state index contributed by atoms with van der Waals surface area (Å²) in [7, 11) is 0. The zero-order valence-electron chi connectivity index (χ0n) is 9.42. The van der Waals surface area contributed by atoms with Crippen LogP contribution in [0.15, 0.2) is 22.7 Å². The highest BCUT2D eigenvalue weighted by molar-refractivity contribution is 9.10. The van der Waals surface area contributed by atoms with Gasteiger partial charge in [0.1, 0.15) is 0 Å². The SMILES string of the molecule is Cc1cc(Br)cc(NC(=O)CC2CCC2)c1. The lowest BCUT2D eigenvalue weighted by molar-refractivity contribution is -0.117. The molecule has 0 unspecified atom stereocenters. The molecule has 0 bridgehead atoms. The summed E-state index contributed by atoms with van der Waals surface area (Å²) in [5.41, 5.74) is 2.03. The maximum Gasteiger partial charge on any atom is 0.224 e. The van der Waals surface area contributed by atoms with Crippen LogP contribution < -0.4 is 5.32 Å². The first-order chi connectivity index (χ1) is 7.63. The number of carbonyl (C=O) groups excluding carboxylic acids is 1. The molecule has 86 valence electrons. The largest absolute Gasteiger partial charge is 0.326 e. The molecule has 1 aromatic carbocycles. The van der Waals surface area contributed by atoms with Crippen molar-refractivity contribution in [3.05, 3.63) is 28.2 Å². The summed E-state index contributed by atoms with van der Waals surface area (Å²) >= 11 is 3.43. The van der Waals surface area contributed by atoms with Crippen LogP contribution in [0, 0.1) is 12.8 Å². The lowest BCUT2D eigenvalue weighted by atomic mass is 9.83. The Hall–Kier alpha value is -0.830. The minimum Gasteiger partial charge on any atom is -0.326 e. The highest BCUT2D eigenvalue weighted by atomic mass is 79.9. The highest BCUT2D eigenvalue weighted by Crippen LogP contribution is 2.29. The van der Waals surface area contributed by atoms with Gasteiger partial charge in [-0.3, -0.25) is 4.79 Å². The van der Waals surface area contributed by atoms with Crippen LogP contribution in [-0.2, 0) is 4.79 Å². The molecule has 0 atom stereocenters. The summed E-state index contributed by atoms with van der Waals surface area (Å²) in [6.45, 7) is 2.02. The van der Waals surface area contributed by atoms with Gasteiger partial charge < -0.3 is 5.32 Å². The van der Waals surface area contributed by atoms with Gasteiger partial charge in [0.15, 0.2) is 0 Å². The zero-order valence-corrected chi connectivity index (χ0v) is 11.0. The van der Waals surface area contributed by atoms with E-state index in [2.05, 4.69) is 21.2 Å². The molecule has 16 heavy (non-hydrogen) atoms. The summed E-state index contributed by atoms with van der Waals surface area (Å²) in [4.78, 5) is 11.7. The van der Waals surface area contributed by atoms with E-state index in [-0.39, 0.29) is 5.91 Å². The van der Waals surface area contributed by atoms with Crippen LogP contribution in [-0.4, -0.2) is 5.91 Å². The first kappa shape index (κ1) is 11.6. The van der Waals surface area contributed by atoms with Crippen molar-refractivity contribution >= 4 is 27.5 Å². The number of amides is 1. The van der Waals surface area contributed by atoms with Gasteiger partial charge in [0, 0.05) is 16.6 Å². The van der Waals surface area contributed by atoms with Crippen molar-refractivity contribution < 1.29 is 4.79 Å². The molecule has 0 heterocycles. The normalized spacial score (nSPS) is 15.6. The zero-order chi connectivity index (χ0) is 11.5. The fourth-order valence-corrected chi connectivity index (χ4v) is 2.59. The Morgan fingerprint density at radius 3 is 2.75 bits per heavy atom. The van der Waals surface area contributed by atoms with E-state index in [1.807, 2.05) is 25.1 Å². The standard InChI is InChI=1S/C13H16BrNO/c1-9-5-11(14)8-12(6-9)15-13(16)7-10-3-2-4-10/h5-6,8,10H,2-4,7H2,1H3,(H,15,16). The van der Waals surface area contributed by atoms with Crippen molar-refractivity contribution in [2.45, 2.75) is 32.6 Å². The minimum atomic E-state index is 0.141. The number of aryl methyl sites for hydroxylation is 1. The Labute approximate surface area is 105 Å². The molecule has 1 saturated carbocycles. The van der Waals surface area contributed by atoms with E-state index in [0.717, 1.165) is 15.7 Å². The Bertz CT molecular complexity index is 379. The highest BCUT2D eigenvalue weighted by Gasteiger charge is 2.20. The summed E-state index contributed by atoms with van der Waals surface area (Å²) in [5, 5.41) is 2.95. The van der Waals surface area contributed by atoms with Gasteiger partial charge in [-0.1, -0.05) is 22.4 Å². The minimum absolute atomic E-state index is 0.141. The molecule has 1 aliphatic rings. The molecule has 0 aliphatic heterocycles. The summed E-state index contributed by atoms with van der Waals surface area (Å²) in [5.74, 6) is 0.760. The molecule has 1 aliphatic carbocycles. The summed E-state index contributed by atoms with van der Waals surface area (Å²) in [6, 6.07) is 5.96. The molecule has 0 radical (unpaired) electrons.